The fourth-order valence-electron chi connectivity index (χ4n) is 1.96. The predicted octanol–water partition coefficient (Wildman–Crippen LogP) is 2.13. The Morgan fingerprint density at radius 1 is 1.50 bits per heavy atom. The van der Waals surface area contributed by atoms with E-state index in [-0.39, 0.29) is 5.41 Å². The molecule has 0 saturated heterocycles. The molecule has 2 nitrogen and oxygen atoms in total. The van der Waals surface area contributed by atoms with Gasteiger partial charge in [-0.15, -0.1) is 0 Å². The summed E-state index contributed by atoms with van der Waals surface area (Å²) < 4.78 is 0. The minimum atomic E-state index is 0.0813. The van der Waals surface area contributed by atoms with Crippen molar-refractivity contribution in [2.45, 2.75) is 46.1 Å². The first-order valence-corrected chi connectivity index (χ1v) is 5.83. The third-order valence-electron chi connectivity index (χ3n) is 3.87. The van der Waals surface area contributed by atoms with E-state index >= 15 is 0 Å². The number of aliphatic hydroxyl groups excluding tert-OH is 1. The van der Waals surface area contributed by atoms with Crippen molar-refractivity contribution < 1.29 is 5.11 Å². The Morgan fingerprint density at radius 3 is 2.43 bits per heavy atom. The van der Waals surface area contributed by atoms with E-state index < -0.39 is 0 Å². The highest BCUT2D eigenvalue weighted by Gasteiger charge is 2.33. The van der Waals surface area contributed by atoms with Gasteiger partial charge in [0.1, 0.15) is 0 Å². The smallest absolute Gasteiger partial charge is 0.0496 e. The molecule has 1 aliphatic rings. The summed E-state index contributed by atoms with van der Waals surface area (Å²) in [6, 6.07) is 0.687. The minimum absolute atomic E-state index is 0.0813. The molecule has 1 rings (SSSR count). The molecule has 0 aromatic carbocycles. The van der Waals surface area contributed by atoms with Crippen LogP contribution in [0.4, 0.5) is 0 Å². The first kappa shape index (κ1) is 12.0. The third kappa shape index (κ3) is 2.96. The maximum Gasteiger partial charge on any atom is 0.0496 e. The maximum absolute atomic E-state index is 9.34. The fraction of sp³-hybridized carbons (Fsp3) is 1.00. The summed E-state index contributed by atoms with van der Waals surface area (Å²) in [4.78, 5) is 2.41. The van der Waals surface area contributed by atoms with Crippen molar-refractivity contribution >= 4 is 0 Å². The molecule has 1 N–H and O–H groups in total. The highest BCUT2D eigenvalue weighted by atomic mass is 16.3. The molecule has 0 aromatic rings. The lowest BCUT2D eigenvalue weighted by Crippen LogP contribution is -2.41. The summed E-state index contributed by atoms with van der Waals surface area (Å²) in [6.45, 7) is 7.95. The van der Waals surface area contributed by atoms with Crippen LogP contribution in [0.5, 0.6) is 0 Å². The number of hydrogen-bond donors (Lipinski definition) is 1. The van der Waals surface area contributed by atoms with Crippen molar-refractivity contribution in [3.8, 4) is 0 Å². The van der Waals surface area contributed by atoms with Gasteiger partial charge in [-0.25, -0.2) is 0 Å². The second-order valence-electron chi connectivity index (χ2n) is 5.32. The Hall–Kier alpha value is -0.0800. The Bertz CT molecular complexity index is 173. The molecule has 84 valence electrons. The van der Waals surface area contributed by atoms with Gasteiger partial charge in [-0.1, -0.05) is 13.8 Å². The number of nitrogens with zero attached hydrogens (tertiary/aromatic N) is 1. The Balaban J connectivity index is 2.40. The van der Waals surface area contributed by atoms with Crippen molar-refractivity contribution in [3.63, 3.8) is 0 Å². The van der Waals surface area contributed by atoms with Crippen LogP contribution in [0, 0.1) is 11.3 Å². The minimum Gasteiger partial charge on any atom is -0.396 e. The standard InChI is InChI=1S/C12H25NO/c1-5-12(3,9-14)8-13(4)10(2)11-6-7-11/h10-11,14H,5-9H2,1-4H3. The van der Waals surface area contributed by atoms with Gasteiger partial charge in [0, 0.05) is 24.6 Å². The molecule has 1 saturated carbocycles. The molecule has 0 amide bonds. The van der Waals surface area contributed by atoms with Gasteiger partial charge < -0.3 is 10.0 Å². The van der Waals surface area contributed by atoms with Crippen molar-refractivity contribution in [3.05, 3.63) is 0 Å². The Morgan fingerprint density at radius 2 is 2.07 bits per heavy atom. The highest BCUT2D eigenvalue weighted by Crippen LogP contribution is 2.35. The van der Waals surface area contributed by atoms with Gasteiger partial charge >= 0.3 is 0 Å². The molecule has 0 aromatic heterocycles. The Labute approximate surface area is 88.3 Å². The molecule has 0 heterocycles. The average molecular weight is 199 g/mol. The van der Waals surface area contributed by atoms with Gasteiger partial charge in [0.2, 0.25) is 0 Å². The van der Waals surface area contributed by atoms with Crippen LogP contribution < -0.4 is 0 Å². The molecular weight excluding hydrogens is 174 g/mol. The zero-order chi connectivity index (χ0) is 10.8. The van der Waals surface area contributed by atoms with Crippen LogP contribution in [0.2, 0.25) is 0 Å². The van der Waals surface area contributed by atoms with E-state index in [9.17, 15) is 5.11 Å². The van der Waals surface area contributed by atoms with Crippen LogP contribution in [-0.2, 0) is 0 Å². The number of aliphatic hydroxyl groups is 1. The molecule has 0 spiro atoms. The van der Waals surface area contributed by atoms with E-state index in [1.165, 1.54) is 12.8 Å². The van der Waals surface area contributed by atoms with E-state index in [2.05, 4.69) is 32.7 Å². The second-order valence-corrected chi connectivity index (χ2v) is 5.32. The van der Waals surface area contributed by atoms with E-state index in [1.807, 2.05) is 0 Å². The van der Waals surface area contributed by atoms with Gasteiger partial charge in [0.05, 0.1) is 0 Å². The number of rotatable bonds is 6. The van der Waals surface area contributed by atoms with Crippen LogP contribution in [0.15, 0.2) is 0 Å². The summed E-state index contributed by atoms with van der Waals surface area (Å²) in [5, 5.41) is 9.34. The van der Waals surface area contributed by atoms with E-state index in [0.29, 0.717) is 12.6 Å². The zero-order valence-electron chi connectivity index (χ0n) is 10.1. The van der Waals surface area contributed by atoms with Gasteiger partial charge in [-0.2, -0.15) is 0 Å². The quantitative estimate of drug-likeness (QED) is 0.708. The lowest BCUT2D eigenvalue weighted by molar-refractivity contribution is 0.0764. The van der Waals surface area contributed by atoms with E-state index in [4.69, 9.17) is 0 Å². The predicted molar refractivity (Wildman–Crippen MR) is 60.3 cm³/mol. The largest absolute Gasteiger partial charge is 0.396 e. The van der Waals surface area contributed by atoms with Gasteiger partial charge in [-0.3, -0.25) is 0 Å². The van der Waals surface area contributed by atoms with Gasteiger partial charge in [-0.05, 0) is 39.2 Å². The SMILES string of the molecule is CCC(C)(CO)CN(C)C(C)C1CC1. The molecule has 0 bridgehead atoms. The molecule has 1 fully saturated rings. The third-order valence-corrected chi connectivity index (χ3v) is 3.87. The lowest BCUT2D eigenvalue weighted by atomic mass is 9.87. The zero-order valence-corrected chi connectivity index (χ0v) is 10.1. The molecule has 14 heavy (non-hydrogen) atoms. The van der Waals surface area contributed by atoms with Crippen molar-refractivity contribution in [1.29, 1.82) is 0 Å². The number of hydrogen-bond acceptors (Lipinski definition) is 2. The lowest BCUT2D eigenvalue weighted by Gasteiger charge is -2.34. The first-order valence-electron chi connectivity index (χ1n) is 5.83. The normalized spacial score (nSPS) is 23.6. The summed E-state index contributed by atoms with van der Waals surface area (Å²) in [6.07, 6.45) is 3.84. The van der Waals surface area contributed by atoms with E-state index in [1.54, 1.807) is 0 Å². The summed E-state index contributed by atoms with van der Waals surface area (Å²) in [5.41, 5.74) is 0.0813. The molecule has 2 atom stereocenters. The fourth-order valence-corrected chi connectivity index (χ4v) is 1.96. The summed E-state index contributed by atoms with van der Waals surface area (Å²) in [7, 11) is 2.19. The van der Waals surface area contributed by atoms with E-state index in [0.717, 1.165) is 18.9 Å². The maximum atomic E-state index is 9.34. The molecule has 1 aliphatic carbocycles. The second kappa shape index (κ2) is 4.63. The topological polar surface area (TPSA) is 23.5 Å². The average Bonchev–Trinajstić information content (AvgIpc) is 2.99. The van der Waals surface area contributed by atoms with Gasteiger partial charge in [0.25, 0.3) is 0 Å². The van der Waals surface area contributed by atoms with Crippen LogP contribution in [-0.4, -0.2) is 36.2 Å². The molecule has 2 heteroatoms. The first-order chi connectivity index (χ1) is 6.52. The monoisotopic (exact) mass is 199 g/mol. The highest BCUT2D eigenvalue weighted by molar-refractivity contribution is 4.86. The molecular formula is C12H25NO. The van der Waals surface area contributed by atoms with Crippen LogP contribution in [0.3, 0.4) is 0 Å². The molecule has 0 radical (unpaired) electrons. The summed E-state index contributed by atoms with van der Waals surface area (Å²) >= 11 is 0. The van der Waals surface area contributed by atoms with Crippen molar-refractivity contribution in [1.82, 2.24) is 4.90 Å². The molecule has 0 aliphatic heterocycles. The van der Waals surface area contributed by atoms with Crippen LogP contribution >= 0.6 is 0 Å². The molecule has 2 unspecified atom stereocenters. The summed E-state index contributed by atoms with van der Waals surface area (Å²) in [5.74, 6) is 0.916. The van der Waals surface area contributed by atoms with Crippen LogP contribution in [0.1, 0.15) is 40.0 Å². The van der Waals surface area contributed by atoms with Crippen LogP contribution in [0.25, 0.3) is 0 Å². The van der Waals surface area contributed by atoms with Crippen molar-refractivity contribution in [2.24, 2.45) is 11.3 Å². The Kier molecular flexibility index (Phi) is 3.96. The van der Waals surface area contributed by atoms with Gasteiger partial charge in [0.15, 0.2) is 0 Å². The van der Waals surface area contributed by atoms with Crippen molar-refractivity contribution in [2.75, 3.05) is 20.2 Å².